The third kappa shape index (κ3) is 5.06. The van der Waals surface area contributed by atoms with E-state index in [-0.39, 0.29) is 18.1 Å². The lowest BCUT2D eigenvalue weighted by molar-refractivity contribution is -0.118. The molecule has 1 atom stereocenters. The number of ether oxygens (including phenoxy) is 1. The summed E-state index contributed by atoms with van der Waals surface area (Å²) in [6.45, 7) is 1.92. The number of amides is 2. The molecule has 4 rings (SSSR count). The van der Waals surface area contributed by atoms with Gasteiger partial charge in [0.05, 0.1) is 5.56 Å². The van der Waals surface area contributed by atoms with Crippen LogP contribution in [0.3, 0.4) is 0 Å². The molecule has 3 N–H and O–H groups in total. The molecule has 0 spiro atoms. The molecule has 0 heterocycles. The summed E-state index contributed by atoms with van der Waals surface area (Å²) >= 11 is 1.98. The second-order valence-electron chi connectivity index (χ2n) is 7.95. The molecule has 0 saturated heterocycles. The lowest BCUT2D eigenvalue weighted by Gasteiger charge is -2.19. The first-order valence-corrected chi connectivity index (χ1v) is 11.9. The predicted molar refractivity (Wildman–Crippen MR) is 137 cm³/mol. The second kappa shape index (κ2) is 10.3. The number of carboxylic acids is 1. The number of fused-ring (bicyclic) bond motifs is 3. The van der Waals surface area contributed by atoms with Gasteiger partial charge in [-0.15, -0.1) is 0 Å². The van der Waals surface area contributed by atoms with E-state index in [2.05, 4.69) is 22.8 Å². The molecule has 1 unspecified atom stereocenters. The number of benzene rings is 3. The highest BCUT2D eigenvalue weighted by Crippen LogP contribution is 2.44. The Morgan fingerprint density at radius 3 is 2.21 bits per heavy atom. The van der Waals surface area contributed by atoms with Gasteiger partial charge in [-0.05, 0) is 69.5 Å². The molecule has 3 aromatic carbocycles. The van der Waals surface area contributed by atoms with Crippen molar-refractivity contribution in [1.29, 1.82) is 0 Å². The Morgan fingerprint density at radius 1 is 1.00 bits per heavy atom. The maximum absolute atomic E-state index is 12.7. The molecule has 1 aliphatic rings. The third-order valence-corrected chi connectivity index (χ3v) is 6.40. The summed E-state index contributed by atoms with van der Waals surface area (Å²) in [5.74, 6) is -1.61. The fourth-order valence-electron chi connectivity index (χ4n) is 4.15. The van der Waals surface area contributed by atoms with E-state index in [1.165, 1.54) is 12.1 Å². The van der Waals surface area contributed by atoms with E-state index < -0.39 is 24.0 Å². The van der Waals surface area contributed by atoms with Gasteiger partial charge in [-0.25, -0.2) is 9.59 Å². The molecule has 2 amide bonds. The number of halogens is 1. The summed E-state index contributed by atoms with van der Waals surface area (Å²) in [6.07, 6.45) is -0.344. The van der Waals surface area contributed by atoms with Gasteiger partial charge >= 0.3 is 12.1 Å². The maximum atomic E-state index is 12.7. The van der Waals surface area contributed by atoms with Crippen molar-refractivity contribution in [3.8, 4) is 11.1 Å². The molecule has 0 radical (unpaired) electrons. The van der Waals surface area contributed by atoms with E-state index in [1.54, 1.807) is 13.0 Å². The molecule has 1 aliphatic carbocycles. The maximum Gasteiger partial charge on any atom is 0.407 e. The molecule has 8 heteroatoms. The Morgan fingerprint density at radius 2 is 1.62 bits per heavy atom. The van der Waals surface area contributed by atoms with Gasteiger partial charge in [0.1, 0.15) is 12.6 Å². The van der Waals surface area contributed by atoms with E-state index in [1.807, 2.05) is 59.0 Å². The van der Waals surface area contributed by atoms with Gasteiger partial charge in [-0.3, -0.25) is 4.79 Å². The lowest BCUT2D eigenvalue weighted by Crippen LogP contribution is -2.43. The number of carbonyl (C=O) groups excluding carboxylic acids is 2. The van der Waals surface area contributed by atoms with Crippen molar-refractivity contribution in [2.45, 2.75) is 25.3 Å². The number of hydrogen-bond donors (Lipinski definition) is 3. The summed E-state index contributed by atoms with van der Waals surface area (Å²) in [6, 6.07) is 19.8. The van der Waals surface area contributed by atoms with Crippen molar-refractivity contribution in [2.75, 3.05) is 11.9 Å². The SMILES string of the molecule is CCC(NC(=O)OCC1c2ccccc2-c2ccccc21)C(=O)Nc1cc(I)cc(C(=O)O)c1. The van der Waals surface area contributed by atoms with Crippen LogP contribution in [-0.2, 0) is 9.53 Å². The number of alkyl carbamates (subject to hydrolysis) is 1. The monoisotopic (exact) mass is 570 g/mol. The largest absolute Gasteiger partial charge is 0.478 e. The summed E-state index contributed by atoms with van der Waals surface area (Å²) in [7, 11) is 0. The number of hydrogen-bond acceptors (Lipinski definition) is 4. The Hall–Kier alpha value is -3.40. The number of aromatic carboxylic acids is 1. The van der Waals surface area contributed by atoms with E-state index in [0.717, 1.165) is 22.3 Å². The first-order chi connectivity index (χ1) is 16.4. The van der Waals surface area contributed by atoms with Crippen molar-refractivity contribution in [2.24, 2.45) is 0 Å². The van der Waals surface area contributed by atoms with Crippen molar-refractivity contribution in [1.82, 2.24) is 5.32 Å². The zero-order valence-electron chi connectivity index (χ0n) is 18.4. The third-order valence-electron chi connectivity index (χ3n) is 5.77. The minimum absolute atomic E-state index is 0.0692. The number of anilines is 1. The second-order valence-corrected chi connectivity index (χ2v) is 9.20. The van der Waals surface area contributed by atoms with Gasteiger partial charge in [-0.1, -0.05) is 55.5 Å². The molecule has 0 saturated carbocycles. The predicted octanol–water partition coefficient (Wildman–Crippen LogP) is 5.25. The van der Waals surface area contributed by atoms with Crippen molar-refractivity contribution in [3.05, 3.63) is 87.0 Å². The lowest BCUT2D eigenvalue weighted by atomic mass is 9.98. The molecule has 174 valence electrons. The van der Waals surface area contributed by atoms with Crippen molar-refractivity contribution < 1.29 is 24.2 Å². The first-order valence-electron chi connectivity index (χ1n) is 10.8. The smallest absolute Gasteiger partial charge is 0.407 e. The Balaban J connectivity index is 1.40. The number of carbonyl (C=O) groups is 3. The standard InChI is InChI=1S/C26H23IN2O5/c1-2-23(24(30)28-17-12-15(25(31)32)11-16(27)13-17)29-26(33)34-14-22-20-9-5-3-7-18(20)19-8-4-6-10-21(19)22/h3-13,22-23H,2,14H2,1H3,(H,28,30)(H,29,33)(H,31,32). The number of rotatable bonds is 7. The fourth-order valence-corrected chi connectivity index (χ4v) is 4.82. The molecule has 34 heavy (non-hydrogen) atoms. The quantitative estimate of drug-likeness (QED) is 0.337. The number of nitrogens with one attached hydrogen (secondary N) is 2. The van der Waals surface area contributed by atoms with Crippen LogP contribution < -0.4 is 10.6 Å². The topological polar surface area (TPSA) is 105 Å². The van der Waals surface area contributed by atoms with Gasteiger partial charge in [0, 0.05) is 15.2 Å². The van der Waals surface area contributed by atoms with Crippen LogP contribution in [0.5, 0.6) is 0 Å². The Labute approximate surface area is 210 Å². The van der Waals surface area contributed by atoms with Crippen LogP contribution >= 0.6 is 22.6 Å². The average Bonchev–Trinajstić information content (AvgIpc) is 3.14. The molecule has 0 bridgehead atoms. The highest BCUT2D eigenvalue weighted by atomic mass is 127. The van der Waals surface area contributed by atoms with Crippen LogP contribution in [-0.4, -0.2) is 35.7 Å². The minimum atomic E-state index is -1.09. The number of carboxylic acid groups (broad SMARTS) is 1. The van der Waals surface area contributed by atoms with E-state index in [0.29, 0.717) is 15.7 Å². The summed E-state index contributed by atoms with van der Waals surface area (Å²) < 4.78 is 6.20. The normalized spacial score (nSPS) is 12.9. The molecular formula is C26H23IN2O5. The summed E-state index contributed by atoms with van der Waals surface area (Å²) in [5, 5.41) is 14.5. The zero-order chi connectivity index (χ0) is 24.2. The Bertz CT molecular complexity index is 1210. The van der Waals surface area contributed by atoms with E-state index in [9.17, 15) is 19.5 Å². The Kier molecular flexibility index (Phi) is 7.16. The van der Waals surface area contributed by atoms with Crippen LogP contribution in [0.2, 0.25) is 0 Å². The highest BCUT2D eigenvalue weighted by Gasteiger charge is 2.29. The zero-order valence-corrected chi connectivity index (χ0v) is 20.5. The van der Waals surface area contributed by atoms with E-state index >= 15 is 0 Å². The highest BCUT2D eigenvalue weighted by molar-refractivity contribution is 14.1. The average molecular weight is 570 g/mol. The molecule has 0 aromatic heterocycles. The van der Waals surface area contributed by atoms with Gasteiger partial charge < -0.3 is 20.5 Å². The van der Waals surface area contributed by atoms with Crippen LogP contribution in [0.1, 0.15) is 40.7 Å². The van der Waals surface area contributed by atoms with Gasteiger partial charge in [0.2, 0.25) is 5.91 Å². The van der Waals surface area contributed by atoms with Crippen molar-refractivity contribution >= 4 is 46.2 Å². The van der Waals surface area contributed by atoms with Crippen LogP contribution in [0.4, 0.5) is 10.5 Å². The van der Waals surface area contributed by atoms with Gasteiger partial charge in [0.15, 0.2) is 0 Å². The minimum Gasteiger partial charge on any atom is -0.478 e. The van der Waals surface area contributed by atoms with Gasteiger partial charge in [-0.2, -0.15) is 0 Å². The fraction of sp³-hybridized carbons (Fsp3) is 0.192. The van der Waals surface area contributed by atoms with Crippen LogP contribution in [0.15, 0.2) is 66.7 Å². The summed E-state index contributed by atoms with van der Waals surface area (Å²) in [4.78, 5) is 36.6. The van der Waals surface area contributed by atoms with Crippen LogP contribution in [0.25, 0.3) is 11.1 Å². The molecule has 3 aromatic rings. The molecule has 0 fully saturated rings. The van der Waals surface area contributed by atoms with Gasteiger partial charge in [0.25, 0.3) is 0 Å². The molecule has 0 aliphatic heterocycles. The summed E-state index contributed by atoms with van der Waals surface area (Å²) in [5.41, 5.74) is 4.90. The van der Waals surface area contributed by atoms with Crippen LogP contribution in [0, 0.1) is 3.57 Å². The molecular weight excluding hydrogens is 547 g/mol. The van der Waals surface area contributed by atoms with E-state index in [4.69, 9.17) is 4.74 Å². The first kappa shape index (κ1) is 23.7. The van der Waals surface area contributed by atoms with Crippen molar-refractivity contribution in [3.63, 3.8) is 0 Å². The molecule has 7 nitrogen and oxygen atoms in total.